The molecule has 2 aromatic carbocycles. The molecule has 0 aliphatic rings. The van der Waals surface area contributed by atoms with Crippen LogP contribution in [-0.2, 0) is 0 Å². The Bertz CT molecular complexity index is 754. The summed E-state index contributed by atoms with van der Waals surface area (Å²) in [4.78, 5) is 12.6. The van der Waals surface area contributed by atoms with Gasteiger partial charge in [-0.1, -0.05) is 34.1 Å². The summed E-state index contributed by atoms with van der Waals surface area (Å²) in [7, 11) is 0. The zero-order valence-corrected chi connectivity index (χ0v) is 11.9. The number of ketones is 1. The van der Waals surface area contributed by atoms with Crippen LogP contribution in [0.25, 0.3) is 11.0 Å². The highest BCUT2D eigenvalue weighted by atomic mass is 79.9. The van der Waals surface area contributed by atoms with Gasteiger partial charge in [-0.3, -0.25) is 4.79 Å². The highest BCUT2D eigenvalue weighted by Gasteiger charge is 2.19. The number of para-hydroxylation sites is 1. The van der Waals surface area contributed by atoms with Crippen LogP contribution >= 0.6 is 15.9 Å². The zero-order valence-electron chi connectivity index (χ0n) is 10.3. The smallest absolute Gasteiger partial charge is 0.197 e. The average molecular weight is 315 g/mol. The van der Waals surface area contributed by atoms with Crippen LogP contribution in [0.1, 0.15) is 21.7 Å². The molecular weight excluding hydrogens is 304 g/mol. The number of hydrogen-bond donors (Lipinski definition) is 0. The molecule has 0 aliphatic heterocycles. The van der Waals surface area contributed by atoms with Crippen LogP contribution in [0.2, 0.25) is 0 Å². The maximum atomic E-state index is 12.6. The summed E-state index contributed by atoms with van der Waals surface area (Å²) in [6.45, 7) is 1.83. The van der Waals surface area contributed by atoms with Gasteiger partial charge in [0, 0.05) is 15.4 Å². The zero-order chi connectivity index (χ0) is 13.4. The van der Waals surface area contributed by atoms with E-state index in [-0.39, 0.29) is 5.78 Å². The molecule has 0 radical (unpaired) electrons. The van der Waals surface area contributed by atoms with Crippen LogP contribution in [0, 0.1) is 6.92 Å². The Balaban J connectivity index is 2.16. The van der Waals surface area contributed by atoms with Gasteiger partial charge >= 0.3 is 0 Å². The predicted octanol–water partition coefficient (Wildman–Crippen LogP) is 4.73. The third kappa shape index (κ3) is 2.10. The van der Waals surface area contributed by atoms with Gasteiger partial charge in [-0.25, -0.2) is 0 Å². The Morgan fingerprint density at radius 1 is 1.05 bits per heavy atom. The molecule has 0 unspecified atom stereocenters. The van der Waals surface area contributed by atoms with Crippen LogP contribution in [0.4, 0.5) is 0 Å². The first-order valence-corrected chi connectivity index (χ1v) is 6.74. The topological polar surface area (TPSA) is 30.2 Å². The lowest BCUT2D eigenvalue weighted by molar-refractivity contribution is 0.103. The van der Waals surface area contributed by atoms with Gasteiger partial charge in [0.15, 0.2) is 5.78 Å². The standard InChI is InChI=1S/C16H11BrO2/c1-10-15(13-4-2-3-5-14(13)19-10)16(18)11-6-8-12(17)9-7-11/h2-9H,1H3. The van der Waals surface area contributed by atoms with Crippen molar-refractivity contribution >= 4 is 32.7 Å². The number of carbonyl (C=O) groups excluding carboxylic acids is 1. The number of benzene rings is 2. The molecule has 1 heterocycles. The first-order valence-electron chi connectivity index (χ1n) is 5.95. The fraction of sp³-hybridized carbons (Fsp3) is 0.0625. The van der Waals surface area contributed by atoms with E-state index in [1.165, 1.54) is 0 Å². The average Bonchev–Trinajstić information content (AvgIpc) is 2.74. The van der Waals surface area contributed by atoms with Crippen molar-refractivity contribution in [3.63, 3.8) is 0 Å². The minimum absolute atomic E-state index is 0.00468. The molecule has 0 atom stereocenters. The summed E-state index contributed by atoms with van der Waals surface area (Å²) in [5.41, 5.74) is 2.07. The summed E-state index contributed by atoms with van der Waals surface area (Å²) in [5.74, 6) is 0.657. The van der Waals surface area contributed by atoms with E-state index in [0.717, 1.165) is 15.4 Å². The van der Waals surface area contributed by atoms with E-state index in [1.807, 2.05) is 55.5 Å². The van der Waals surface area contributed by atoms with Gasteiger partial charge in [0.05, 0.1) is 5.56 Å². The summed E-state index contributed by atoms with van der Waals surface area (Å²) >= 11 is 3.37. The molecule has 3 rings (SSSR count). The third-order valence-electron chi connectivity index (χ3n) is 3.10. The summed E-state index contributed by atoms with van der Waals surface area (Å²) in [6, 6.07) is 15.0. The van der Waals surface area contributed by atoms with E-state index in [1.54, 1.807) is 0 Å². The van der Waals surface area contributed by atoms with Crippen molar-refractivity contribution in [3.05, 3.63) is 69.9 Å². The fourth-order valence-electron chi connectivity index (χ4n) is 2.20. The quantitative estimate of drug-likeness (QED) is 0.640. The highest BCUT2D eigenvalue weighted by molar-refractivity contribution is 9.10. The van der Waals surface area contributed by atoms with E-state index in [4.69, 9.17) is 4.42 Å². The van der Waals surface area contributed by atoms with Gasteiger partial charge in [0.2, 0.25) is 0 Å². The Labute approximate surface area is 119 Å². The second-order valence-electron chi connectivity index (χ2n) is 4.37. The van der Waals surface area contributed by atoms with Crippen molar-refractivity contribution in [1.29, 1.82) is 0 Å². The van der Waals surface area contributed by atoms with Crippen LogP contribution < -0.4 is 0 Å². The number of fused-ring (bicyclic) bond motifs is 1. The third-order valence-corrected chi connectivity index (χ3v) is 3.63. The van der Waals surface area contributed by atoms with Crippen molar-refractivity contribution in [2.24, 2.45) is 0 Å². The van der Waals surface area contributed by atoms with Crippen molar-refractivity contribution < 1.29 is 9.21 Å². The van der Waals surface area contributed by atoms with E-state index >= 15 is 0 Å². The molecule has 0 N–H and O–H groups in total. The fourth-order valence-corrected chi connectivity index (χ4v) is 2.46. The van der Waals surface area contributed by atoms with Crippen LogP contribution in [0.15, 0.2) is 57.4 Å². The first-order chi connectivity index (χ1) is 9.16. The Morgan fingerprint density at radius 2 is 1.74 bits per heavy atom. The first kappa shape index (κ1) is 12.2. The monoisotopic (exact) mass is 314 g/mol. The van der Waals surface area contributed by atoms with Crippen LogP contribution in [0.3, 0.4) is 0 Å². The van der Waals surface area contributed by atoms with E-state index < -0.39 is 0 Å². The Morgan fingerprint density at radius 3 is 2.47 bits per heavy atom. The van der Waals surface area contributed by atoms with Crippen LogP contribution in [-0.4, -0.2) is 5.78 Å². The summed E-state index contributed by atoms with van der Waals surface area (Å²) < 4.78 is 6.59. The predicted molar refractivity (Wildman–Crippen MR) is 78.5 cm³/mol. The van der Waals surface area contributed by atoms with E-state index in [9.17, 15) is 4.79 Å². The van der Waals surface area contributed by atoms with Gasteiger partial charge < -0.3 is 4.42 Å². The normalized spacial score (nSPS) is 10.8. The van der Waals surface area contributed by atoms with Crippen LogP contribution in [0.5, 0.6) is 0 Å². The van der Waals surface area contributed by atoms with Crippen molar-refractivity contribution in [1.82, 2.24) is 0 Å². The second-order valence-corrected chi connectivity index (χ2v) is 5.28. The molecule has 0 saturated carbocycles. The van der Waals surface area contributed by atoms with E-state index in [2.05, 4.69) is 15.9 Å². The highest BCUT2D eigenvalue weighted by Crippen LogP contribution is 2.27. The molecule has 1 aromatic heterocycles. The van der Waals surface area contributed by atoms with E-state index in [0.29, 0.717) is 16.9 Å². The molecule has 2 nitrogen and oxygen atoms in total. The van der Waals surface area contributed by atoms with Crippen molar-refractivity contribution in [3.8, 4) is 0 Å². The number of halogens is 1. The number of furan rings is 1. The summed E-state index contributed by atoms with van der Waals surface area (Å²) in [6.07, 6.45) is 0. The number of hydrogen-bond acceptors (Lipinski definition) is 2. The van der Waals surface area contributed by atoms with Gasteiger partial charge in [-0.05, 0) is 37.3 Å². The SMILES string of the molecule is Cc1oc2ccccc2c1C(=O)c1ccc(Br)cc1. The Kier molecular flexibility index (Phi) is 2.99. The molecule has 3 aromatic rings. The minimum Gasteiger partial charge on any atom is -0.461 e. The maximum absolute atomic E-state index is 12.6. The Hall–Kier alpha value is -1.87. The molecular formula is C16H11BrO2. The lowest BCUT2D eigenvalue weighted by Gasteiger charge is -2.00. The molecule has 3 heteroatoms. The van der Waals surface area contributed by atoms with Gasteiger partial charge in [0.1, 0.15) is 11.3 Å². The van der Waals surface area contributed by atoms with Gasteiger partial charge in [0.25, 0.3) is 0 Å². The van der Waals surface area contributed by atoms with Gasteiger partial charge in [-0.15, -0.1) is 0 Å². The lowest BCUT2D eigenvalue weighted by atomic mass is 10.0. The number of rotatable bonds is 2. The lowest BCUT2D eigenvalue weighted by Crippen LogP contribution is -2.01. The molecule has 19 heavy (non-hydrogen) atoms. The molecule has 0 aliphatic carbocycles. The number of carbonyl (C=O) groups is 1. The van der Waals surface area contributed by atoms with Crippen molar-refractivity contribution in [2.45, 2.75) is 6.92 Å². The minimum atomic E-state index is -0.00468. The molecule has 0 saturated heterocycles. The molecule has 94 valence electrons. The van der Waals surface area contributed by atoms with Gasteiger partial charge in [-0.2, -0.15) is 0 Å². The number of aryl methyl sites for hydroxylation is 1. The van der Waals surface area contributed by atoms with Crippen molar-refractivity contribution in [2.75, 3.05) is 0 Å². The molecule has 0 bridgehead atoms. The maximum Gasteiger partial charge on any atom is 0.197 e. The molecule has 0 spiro atoms. The largest absolute Gasteiger partial charge is 0.461 e. The second kappa shape index (κ2) is 4.67. The molecule has 0 fully saturated rings. The molecule has 0 amide bonds. The summed E-state index contributed by atoms with van der Waals surface area (Å²) in [5, 5.41) is 0.868.